The second kappa shape index (κ2) is 6.25. The quantitative estimate of drug-likeness (QED) is 0.529. The number of aromatic nitrogens is 2. The van der Waals surface area contributed by atoms with Crippen LogP contribution in [0.1, 0.15) is 22.9 Å². The Kier molecular flexibility index (Phi) is 4.18. The monoisotopic (exact) mass is 311 g/mol. The third-order valence-electron chi connectivity index (χ3n) is 3.12. The molecule has 0 aliphatic heterocycles. The summed E-state index contributed by atoms with van der Waals surface area (Å²) in [5.74, 6) is 0.805. The molecule has 2 aromatic heterocycles. The minimum absolute atomic E-state index is 0.699. The largest absolute Gasteiger partial charge is 0.229 e. The van der Waals surface area contributed by atoms with Gasteiger partial charge in [-0.25, -0.2) is 9.97 Å². The van der Waals surface area contributed by atoms with Gasteiger partial charge in [-0.05, 0) is 30.2 Å². The fraction of sp³-hybridized carbons (Fsp3) is 0.188. The van der Waals surface area contributed by atoms with Gasteiger partial charge in [0.1, 0.15) is 16.2 Å². The molecule has 0 radical (unpaired) electrons. The van der Waals surface area contributed by atoms with E-state index >= 15 is 0 Å². The van der Waals surface area contributed by atoms with Crippen LogP contribution in [0.5, 0.6) is 0 Å². The van der Waals surface area contributed by atoms with E-state index in [0.717, 1.165) is 33.0 Å². The smallest absolute Gasteiger partial charge is 0.128 e. The van der Waals surface area contributed by atoms with E-state index in [1.165, 1.54) is 4.88 Å². The second-order valence-corrected chi connectivity index (χ2v) is 6.64. The first-order valence-electron chi connectivity index (χ1n) is 6.65. The van der Waals surface area contributed by atoms with Crippen molar-refractivity contribution in [1.29, 1.82) is 5.26 Å². The number of benzene rings is 1. The molecule has 5 heteroatoms. The van der Waals surface area contributed by atoms with Gasteiger partial charge in [-0.2, -0.15) is 5.26 Å². The fourth-order valence-corrected chi connectivity index (χ4v) is 3.97. The Balaban J connectivity index is 1.84. The maximum atomic E-state index is 8.94. The summed E-state index contributed by atoms with van der Waals surface area (Å²) >= 11 is 3.42. The van der Waals surface area contributed by atoms with Crippen molar-refractivity contribution < 1.29 is 0 Å². The zero-order chi connectivity index (χ0) is 14.7. The molecule has 1 aromatic carbocycles. The number of nitriles is 1. The molecule has 21 heavy (non-hydrogen) atoms. The molecule has 0 saturated carbocycles. The lowest BCUT2D eigenvalue weighted by Gasteiger charge is -2.02. The van der Waals surface area contributed by atoms with Gasteiger partial charge in [-0.3, -0.25) is 0 Å². The molecule has 0 fully saturated rings. The molecule has 0 N–H and O–H groups in total. The van der Waals surface area contributed by atoms with Crippen molar-refractivity contribution in [1.82, 2.24) is 9.97 Å². The van der Waals surface area contributed by atoms with Crippen LogP contribution in [0.4, 0.5) is 0 Å². The Labute approximate surface area is 131 Å². The molecule has 0 aliphatic rings. The normalized spacial score (nSPS) is 10.7. The van der Waals surface area contributed by atoms with Crippen LogP contribution in [0.15, 0.2) is 41.7 Å². The van der Waals surface area contributed by atoms with Gasteiger partial charge in [0.15, 0.2) is 0 Å². The number of nitrogens with zero attached hydrogens (tertiary/aromatic N) is 3. The summed E-state index contributed by atoms with van der Waals surface area (Å²) in [5, 5.41) is 11.1. The standard InChI is InChI=1S/C16H13N3S2/c1-2-13-7-14-15(18-10-19-16(14)21-13)20-9-12-5-3-4-11(6-12)8-17/h3-7,10H,2,9H2,1H3. The predicted molar refractivity (Wildman–Crippen MR) is 87.5 cm³/mol. The average Bonchev–Trinajstić information content (AvgIpc) is 2.97. The second-order valence-electron chi connectivity index (χ2n) is 4.56. The van der Waals surface area contributed by atoms with Crippen molar-refractivity contribution in [2.45, 2.75) is 24.1 Å². The zero-order valence-corrected chi connectivity index (χ0v) is 13.2. The molecular formula is C16H13N3S2. The Morgan fingerprint density at radius 2 is 2.19 bits per heavy atom. The van der Waals surface area contributed by atoms with E-state index in [0.29, 0.717) is 5.56 Å². The Bertz CT molecular complexity index is 818. The number of aryl methyl sites for hydroxylation is 1. The summed E-state index contributed by atoms with van der Waals surface area (Å²) in [5.41, 5.74) is 1.83. The van der Waals surface area contributed by atoms with Crippen molar-refractivity contribution in [3.8, 4) is 6.07 Å². The number of hydrogen-bond acceptors (Lipinski definition) is 5. The minimum Gasteiger partial charge on any atom is -0.229 e. The van der Waals surface area contributed by atoms with E-state index in [1.54, 1.807) is 29.4 Å². The molecule has 3 aromatic rings. The van der Waals surface area contributed by atoms with Crippen molar-refractivity contribution in [3.05, 3.63) is 52.7 Å². The van der Waals surface area contributed by atoms with Crippen LogP contribution in [-0.4, -0.2) is 9.97 Å². The number of rotatable bonds is 4. The molecule has 0 saturated heterocycles. The first-order chi connectivity index (χ1) is 10.3. The predicted octanol–water partition coefficient (Wildman–Crippen LogP) is 4.42. The number of thioether (sulfide) groups is 1. The summed E-state index contributed by atoms with van der Waals surface area (Å²) in [7, 11) is 0. The molecule has 0 aliphatic carbocycles. The number of fused-ring (bicyclic) bond motifs is 1. The van der Waals surface area contributed by atoms with Gasteiger partial charge in [0.2, 0.25) is 0 Å². The molecule has 0 atom stereocenters. The summed E-state index contributed by atoms with van der Waals surface area (Å²) in [4.78, 5) is 11.1. The first kappa shape index (κ1) is 14.1. The van der Waals surface area contributed by atoms with Crippen molar-refractivity contribution in [2.75, 3.05) is 0 Å². The maximum Gasteiger partial charge on any atom is 0.128 e. The maximum absolute atomic E-state index is 8.94. The molecular weight excluding hydrogens is 298 g/mol. The summed E-state index contributed by atoms with van der Waals surface area (Å²) in [6.45, 7) is 2.15. The first-order valence-corrected chi connectivity index (χ1v) is 8.45. The van der Waals surface area contributed by atoms with Gasteiger partial charge >= 0.3 is 0 Å². The van der Waals surface area contributed by atoms with E-state index in [4.69, 9.17) is 5.26 Å². The van der Waals surface area contributed by atoms with Crippen LogP contribution < -0.4 is 0 Å². The highest BCUT2D eigenvalue weighted by Gasteiger charge is 2.08. The van der Waals surface area contributed by atoms with Gasteiger partial charge in [0.05, 0.1) is 11.6 Å². The summed E-state index contributed by atoms with van der Waals surface area (Å²) in [6.07, 6.45) is 2.65. The molecule has 0 bridgehead atoms. The van der Waals surface area contributed by atoms with Crippen molar-refractivity contribution >= 4 is 33.3 Å². The lowest BCUT2D eigenvalue weighted by Crippen LogP contribution is -1.86. The average molecular weight is 311 g/mol. The molecule has 0 amide bonds. The van der Waals surface area contributed by atoms with Crippen LogP contribution in [0, 0.1) is 11.3 Å². The van der Waals surface area contributed by atoms with Gasteiger partial charge in [0, 0.05) is 16.0 Å². The third kappa shape index (κ3) is 3.07. The Hall–Kier alpha value is -1.90. The highest BCUT2D eigenvalue weighted by Crippen LogP contribution is 2.32. The van der Waals surface area contributed by atoms with Crippen LogP contribution >= 0.6 is 23.1 Å². The fourth-order valence-electron chi connectivity index (χ4n) is 2.06. The van der Waals surface area contributed by atoms with Gasteiger partial charge in [-0.15, -0.1) is 23.1 Å². The van der Waals surface area contributed by atoms with E-state index in [-0.39, 0.29) is 0 Å². The number of hydrogen-bond donors (Lipinski definition) is 0. The highest BCUT2D eigenvalue weighted by molar-refractivity contribution is 7.98. The van der Waals surface area contributed by atoms with Crippen molar-refractivity contribution in [3.63, 3.8) is 0 Å². The zero-order valence-electron chi connectivity index (χ0n) is 11.5. The Morgan fingerprint density at radius 3 is 3.00 bits per heavy atom. The summed E-state index contributed by atoms with van der Waals surface area (Å²) < 4.78 is 0. The van der Waals surface area contributed by atoms with E-state index < -0.39 is 0 Å². The lowest BCUT2D eigenvalue weighted by molar-refractivity contribution is 1.10. The molecule has 104 valence electrons. The highest BCUT2D eigenvalue weighted by atomic mass is 32.2. The molecule has 2 heterocycles. The molecule has 0 spiro atoms. The topological polar surface area (TPSA) is 49.6 Å². The molecule has 0 unspecified atom stereocenters. The van der Waals surface area contributed by atoms with Crippen LogP contribution in [0.2, 0.25) is 0 Å². The number of thiophene rings is 1. The van der Waals surface area contributed by atoms with Crippen molar-refractivity contribution in [2.24, 2.45) is 0 Å². The third-order valence-corrected chi connectivity index (χ3v) is 5.39. The van der Waals surface area contributed by atoms with E-state index in [1.807, 2.05) is 24.3 Å². The molecule has 3 rings (SSSR count). The van der Waals surface area contributed by atoms with Gasteiger partial charge < -0.3 is 0 Å². The SMILES string of the molecule is CCc1cc2c(SCc3cccc(C#N)c3)ncnc2s1. The van der Waals surface area contributed by atoms with E-state index in [9.17, 15) is 0 Å². The van der Waals surface area contributed by atoms with E-state index in [2.05, 4.69) is 29.0 Å². The van der Waals surface area contributed by atoms with Gasteiger partial charge in [-0.1, -0.05) is 19.1 Å². The Morgan fingerprint density at radius 1 is 1.29 bits per heavy atom. The lowest BCUT2D eigenvalue weighted by atomic mass is 10.2. The van der Waals surface area contributed by atoms with Crippen LogP contribution in [0.25, 0.3) is 10.2 Å². The van der Waals surface area contributed by atoms with Gasteiger partial charge in [0.25, 0.3) is 0 Å². The molecule has 3 nitrogen and oxygen atoms in total. The minimum atomic E-state index is 0.699. The van der Waals surface area contributed by atoms with Crippen LogP contribution in [-0.2, 0) is 12.2 Å². The summed E-state index contributed by atoms with van der Waals surface area (Å²) in [6, 6.07) is 12.1. The van der Waals surface area contributed by atoms with Crippen LogP contribution in [0.3, 0.4) is 0 Å².